The van der Waals surface area contributed by atoms with Crippen molar-refractivity contribution in [2.45, 2.75) is 130 Å². The van der Waals surface area contributed by atoms with Gasteiger partial charge in [-0.3, -0.25) is 4.79 Å². The molecule has 5 aliphatic carbocycles. The first kappa shape index (κ1) is 23.0. The first-order valence-corrected chi connectivity index (χ1v) is 14.1. The molecule has 6 fully saturated rings. The van der Waals surface area contributed by atoms with Crippen LogP contribution in [0.4, 0.5) is 0 Å². The molecular formula is C30H48O3. The van der Waals surface area contributed by atoms with Gasteiger partial charge in [0, 0.05) is 17.3 Å². The van der Waals surface area contributed by atoms with E-state index >= 15 is 0 Å². The van der Waals surface area contributed by atoms with E-state index in [2.05, 4.69) is 55.4 Å². The van der Waals surface area contributed by atoms with Gasteiger partial charge in [-0.25, -0.2) is 0 Å². The van der Waals surface area contributed by atoms with Crippen LogP contribution in [0.2, 0.25) is 0 Å². The third-order valence-electron chi connectivity index (χ3n) is 14.1. The van der Waals surface area contributed by atoms with Crippen LogP contribution in [0.3, 0.4) is 0 Å². The summed E-state index contributed by atoms with van der Waals surface area (Å²) >= 11 is 0. The van der Waals surface area contributed by atoms with Crippen molar-refractivity contribution >= 4 is 5.78 Å². The minimum atomic E-state index is -0.336. The molecule has 33 heavy (non-hydrogen) atoms. The monoisotopic (exact) mass is 456 g/mol. The van der Waals surface area contributed by atoms with E-state index < -0.39 is 0 Å². The van der Waals surface area contributed by atoms with Crippen LogP contribution in [0.25, 0.3) is 0 Å². The van der Waals surface area contributed by atoms with Crippen LogP contribution in [0.5, 0.6) is 0 Å². The van der Waals surface area contributed by atoms with Gasteiger partial charge >= 0.3 is 0 Å². The Labute approximate surface area is 201 Å². The van der Waals surface area contributed by atoms with Crippen LogP contribution in [-0.4, -0.2) is 28.2 Å². The molecule has 6 rings (SSSR count). The lowest BCUT2D eigenvalue weighted by Crippen LogP contribution is -2.68. The molecule has 1 aliphatic heterocycles. The van der Waals surface area contributed by atoms with Crippen LogP contribution < -0.4 is 0 Å². The zero-order valence-electron chi connectivity index (χ0n) is 22.5. The van der Waals surface area contributed by atoms with Gasteiger partial charge in [-0.15, -0.1) is 0 Å². The summed E-state index contributed by atoms with van der Waals surface area (Å²) in [5.74, 6) is 2.56. The Morgan fingerprint density at radius 1 is 0.848 bits per heavy atom. The number of aliphatic hydroxyl groups is 1. The van der Waals surface area contributed by atoms with Gasteiger partial charge in [-0.2, -0.15) is 0 Å². The van der Waals surface area contributed by atoms with E-state index in [0.717, 1.165) is 19.3 Å². The van der Waals surface area contributed by atoms with Crippen LogP contribution in [0.1, 0.15) is 113 Å². The Kier molecular flexibility index (Phi) is 4.26. The quantitative estimate of drug-likeness (QED) is 0.455. The number of carbonyl (C=O) groups excluding carboxylic acids is 1. The summed E-state index contributed by atoms with van der Waals surface area (Å²) in [6.45, 7) is 19.3. The molecule has 1 spiro atoms. The minimum Gasteiger partial charge on any atom is -0.390 e. The van der Waals surface area contributed by atoms with Gasteiger partial charge < -0.3 is 9.84 Å². The fourth-order valence-corrected chi connectivity index (χ4v) is 12.2. The topological polar surface area (TPSA) is 49.8 Å². The molecule has 0 bridgehead atoms. The number of Topliss-reactive ketones (excluding diaryl/α,β-unsaturated/α-hetero) is 1. The molecule has 5 saturated carbocycles. The average molecular weight is 457 g/mol. The molecule has 3 heteroatoms. The molecule has 186 valence electrons. The van der Waals surface area contributed by atoms with E-state index in [9.17, 15) is 9.90 Å². The second-order valence-electron chi connectivity index (χ2n) is 15.3. The average Bonchev–Trinajstić information content (AvgIpc) is 3.38. The van der Waals surface area contributed by atoms with Crippen LogP contribution in [0, 0.1) is 50.7 Å². The highest BCUT2D eigenvalue weighted by Gasteiger charge is 2.90. The molecule has 1 N–H and O–H groups in total. The number of fused-ring (bicyclic) bond motifs is 5. The lowest BCUT2D eigenvalue weighted by atomic mass is 9.32. The maximum Gasteiger partial charge on any atom is 0.138 e. The Morgan fingerprint density at radius 2 is 1.48 bits per heavy atom. The van der Waals surface area contributed by atoms with E-state index in [4.69, 9.17) is 4.74 Å². The molecular weight excluding hydrogens is 408 g/mol. The van der Waals surface area contributed by atoms with E-state index in [1.54, 1.807) is 0 Å². The number of ketones is 1. The molecule has 0 aromatic carbocycles. The predicted octanol–water partition coefficient (Wildman–Crippen LogP) is 6.56. The highest BCUT2D eigenvalue weighted by molar-refractivity contribution is 5.85. The van der Waals surface area contributed by atoms with Crippen molar-refractivity contribution in [3.63, 3.8) is 0 Å². The van der Waals surface area contributed by atoms with Crippen molar-refractivity contribution in [1.82, 2.24) is 0 Å². The predicted molar refractivity (Wildman–Crippen MR) is 131 cm³/mol. The van der Waals surface area contributed by atoms with Crippen LogP contribution >= 0.6 is 0 Å². The van der Waals surface area contributed by atoms with Gasteiger partial charge in [0.15, 0.2) is 0 Å². The van der Waals surface area contributed by atoms with Gasteiger partial charge in [-0.05, 0) is 91.3 Å². The van der Waals surface area contributed by atoms with Crippen molar-refractivity contribution in [2.24, 2.45) is 50.7 Å². The van der Waals surface area contributed by atoms with Gasteiger partial charge in [0.1, 0.15) is 17.0 Å². The van der Waals surface area contributed by atoms with Crippen molar-refractivity contribution in [3.05, 3.63) is 0 Å². The van der Waals surface area contributed by atoms with Gasteiger partial charge in [0.2, 0.25) is 0 Å². The third-order valence-corrected chi connectivity index (χ3v) is 14.1. The molecule has 1 heterocycles. The zero-order valence-corrected chi connectivity index (χ0v) is 22.5. The first-order valence-electron chi connectivity index (χ1n) is 14.1. The third kappa shape index (κ3) is 2.14. The standard InChI is InChI=1S/C30H48O3/c1-18(2)29-23(32)17-25(5)15-16-28(8)21(30(25,29)33-29)10-9-20-26(6)13-12-22(31)24(3,4)19(26)11-14-27(20,28)7/h18-21,23,32H,9-17H2,1-8H3. The number of epoxide rings is 1. The van der Waals surface area contributed by atoms with Gasteiger partial charge in [0.25, 0.3) is 0 Å². The van der Waals surface area contributed by atoms with E-state index in [-0.39, 0.29) is 44.4 Å². The Hall–Kier alpha value is -0.410. The molecule has 0 radical (unpaired) electrons. The normalized spacial score (nSPS) is 61.0. The Balaban J connectivity index is 1.44. The fraction of sp³-hybridized carbons (Fsp3) is 0.967. The molecule has 0 amide bonds. The van der Waals surface area contributed by atoms with Crippen molar-refractivity contribution < 1.29 is 14.6 Å². The number of aliphatic hydroxyl groups excluding tert-OH is 1. The summed E-state index contributed by atoms with van der Waals surface area (Å²) in [6.07, 6.45) is 9.79. The van der Waals surface area contributed by atoms with Crippen molar-refractivity contribution in [3.8, 4) is 0 Å². The summed E-state index contributed by atoms with van der Waals surface area (Å²) in [5, 5.41) is 11.3. The molecule has 3 nitrogen and oxygen atoms in total. The minimum absolute atomic E-state index is 0.102. The molecule has 6 aliphatic rings. The number of hydrogen-bond acceptors (Lipinski definition) is 3. The molecule has 10 atom stereocenters. The van der Waals surface area contributed by atoms with Gasteiger partial charge in [-0.1, -0.05) is 55.4 Å². The Bertz CT molecular complexity index is 908. The number of carbonyl (C=O) groups is 1. The fourth-order valence-electron chi connectivity index (χ4n) is 12.2. The van der Waals surface area contributed by atoms with E-state index in [0.29, 0.717) is 29.5 Å². The van der Waals surface area contributed by atoms with Crippen molar-refractivity contribution in [2.75, 3.05) is 0 Å². The maximum atomic E-state index is 12.9. The molecule has 1 saturated heterocycles. The van der Waals surface area contributed by atoms with E-state index in [1.165, 1.54) is 38.5 Å². The van der Waals surface area contributed by atoms with Crippen LogP contribution in [0.15, 0.2) is 0 Å². The lowest BCUT2D eigenvalue weighted by molar-refractivity contribution is -0.236. The Morgan fingerprint density at radius 3 is 2.12 bits per heavy atom. The van der Waals surface area contributed by atoms with Crippen molar-refractivity contribution in [1.29, 1.82) is 0 Å². The van der Waals surface area contributed by atoms with Gasteiger partial charge in [0.05, 0.1) is 6.10 Å². The first-order chi connectivity index (χ1) is 15.2. The van der Waals surface area contributed by atoms with E-state index in [1.807, 2.05) is 0 Å². The molecule has 0 aromatic rings. The summed E-state index contributed by atoms with van der Waals surface area (Å²) in [6, 6.07) is 0. The highest BCUT2D eigenvalue weighted by Crippen LogP contribution is 2.84. The summed E-state index contributed by atoms with van der Waals surface area (Å²) < 4.78 is 6.95. The number of hydrogen-bond donors (Lipinski definition) is 1. The SMILES string of the molecule is CC(C)C12OC13C1CCC4C5(C)CCC(=O)C(C)(C)C5CCC4(C)C1(C)CCC3(C)CC2O. The summed E-state index contributed by atoms with van der Waals surface area (Å²) in [5.41, 5.74) is 0.200. The smallest absolute Gasteiger partial charge is 0.138 e. The summed E-state index contributed by atoms with van der Waals surface area (Å²) in [7, 11) is 0. The zero-order chi connectivity index (χ0) is 24.0. The second kappa shape index (κ2) is 6.10. The number of rotatable bonds is 1. The summed E-state index contributed by atoms with van der Waals surface area (Å²) in [4.78, 5) is 12.9. The number of ether oxygens (including phenoxy) is 1. The highest BCUT2D eigenvalue weighted by atomic mass is 16.7. The largest absolute Gasteiger partial charge is 0.390 e. The molecule has 0 aromatic heterocycles. The molecule has 10 unspecified atom stereocenters. The lowest BCUT2D eigenvalue weighted by Gasteiger charge is -2.72. The maximum absolute atomic E-state index is 12.9. The van der Waals surface area contributed by atoms with Crippen LogP contribution in [-0.2, 0) is 9.53 Å². The second-order valence-corrected chi connectivity index (χ2v) is 15.3.